The van der Waals surface area contributed by atoms with Gasteiger partial charge in [0.2, 0.25) is 0 Å². The lowest BCUT2D eigenvalue weighted by Gasteiger charge is -2.08. The van der Waals surface area contributed by atoms with Crippen molar-refractivity contribution in [2.75, 3.05) is 0 Å². The molecule has 5 nitrogen and oxygen atoms in total. The van der Waals surface area contributed by atoms with E-state index in [2.05, 4.69) is 4.98 Å². The van der Waals surface area contributed by atoms with Crippen molar-refractivity contribution in [3.63, 3.8) is 0 Å². The molecule has 0 aliphatic heterocycles. The average Bonchev–Trinajstić information content (AvgIpc) is 2.17. The molecule has 0 saturated heterocycles. The predicted molar refractivity (Wildman–Crippen MR) is 48.1 cm³/mol. The number of hydrogen-bond acceptors (Lipinski definition) is 4. The molecule has 0 bridgehead atoms. The molecule has 0 aromatic carbocycles. The van der Waals surface area contributed by atoms with Crippen LogP contribution >= 0.6 is 0 Å². The van der Waals surface area contributed by atoms with Gasteiger partial charge in [0.05, 0.1) is 12.0 Å². The van der Waals surface area contributed by atoms with Crippen LogP contribution in [0.2, 0.25) is 0 Å². The molecule has 1 rings (SSSR count). The van der Waals surface area contributed by atoms with E-state index in [0.717, 1.165) is 0 Å². The molecule has 72 valence electrons. The summed E-state index contributed by atoms with van der Waals surface area (Å²) < 4.78 is 0. The molecule has 0 fully saturated rings. The summed E-state index contributed by atoms with van der Waals surface area (Å²) in [5.41, 5.74) is 6.53. The molecule has 3 N–H and O–H groups in total. The Morgan fingerprint density at radius 3 is 3.00 bits per heavy atom. The molecule has 1 aromatic rings. The van der Waals surface area contributed by atoms with E-state index in [9.17, 15) is 4.79 Å². The summed E-state index contributed by atoms with van der Waals surface area (Å²) in [5.74, 6) is -0.972. The van der Waals surface area contributed by atoms with Crippen LogP contribution in [0.25, 0.3) is 0 Å². The number of nitrogens with two attached hydrogens (primary N) is 1. The second kappa shape index (κ2) is 4.35. The van der Waals surface area contributed by atoms with Crippen LogP contribution in [-0.4, -0.2) is 16.1 Å². The first-order valence-electron chi connectivity index (χ1n) is 3.96. The quantitative estimate of drug-likeness (QED) is 0.721. The van der Waals surface area contributed by atoms with Crippen molar-refractivity contribution >= 4 is 5.97 Å². The summed E-state index contributed by atoms with van der Waals surface area (Å²) in [6.07, 6.45) is 2.70. The van der Waals surface area contributed by atoms with Crippen LogP contribution in [0, 0.1) is 11.3 Å². The molecular formula is C9H9N3O2. The van der Waals surface area contributed by atoms with Crippen LogP contribution in [0.4, 0.5) is 0 Å². The Balaban J connectivity index is 2.85. The summed E-state index contributed by atoms with van der Waals surface area (Å²) in [6.45, 7) is 0. The molecule has 0 radical (unpaired) electrons. The average molecular weight is 191 g/mol. The van der Waals surface area contributed by atoms with Crippen LogP contribution in [0.1, 0.15) is 23.6 Å². The summed E-state index contributed by atoms with van der Waals surface area (Å²) >= 11 is 0. The molecule has 1 aromatic heterocycles. The fourth-order valence-corrected chi connectivity index (χ4v) is 1.03. The van der Waals surface area contributed by atoms with Crippen molar-refractivity contribution in [3.05, 3.63) is 29.6 Å². The molecule has 0 spiro atoms. The van der Waals surface area contributed by atoms with Gasteiger partial charge in [0.1, 0.15) is 6.07 Å². The van der Waals surface area contributed by atoms with Gasteiger partial charge in [0.25, 0.3) is 0 Å². The minimum absolute atomic E-state index is 0.170. The van der Waals surface area contributed by atoms with E-state index < -0.39 is 12.0 Å². The van der Waals surface area contributed by atoms with Crippen LogP contribution < -0.4 is 5.73 Å². The molecule has 0 aliphatic carbocycles. The van der Waals surface area contributed by atoms with E-state index in [0.29, 0.717) is 11.1 Å². The molecule has 14 heavy (non-hydrogen) atoms. The fraction of sp³-hybridized carbons (Fsp3) is 0.222. The lowest BCUT2D eigenvalue weighted by Crippen LogP contribution is -2.15. The van der Waals surface area contributed by atoms with Gasteiger partial charge in [0, 0.05) is 18.4 Å². The third-order valence-electron chi connectivity index (χ3n) is 1.71. The van der Waals surface area contributed by atoms with Crippen LogP contribution in [0.15, 0.2) is 18.5 Å². The number of nitriles is 1. The molecule has 5 heteroatoms. The first kappa shape index (κ1) is 10.2. The van der Waals surface area contributed by atoms with E-state index in [-0.39, 0.29) is 6.42 Å². The smallest absolute Gasteiger partial charge is 0.305 e. The molecule has 0 unspecified atom stereocenters. The number of hydrogen-bond donors (Lipinski definition) is 2. The molecule has 0 saturated carbocycles. The Bertz CT molecular complexity index is 384. The van der Waals surface area contributed by atoms with Gasteiger partial charge in [-0.25, -0.2) is 0 Å². The van der Waals surface area contributed by atoms with E-state index in [1.165, 1.54) is 12.4 Å². The Kier molecular flexibility index (Phi) is 3.15. The zero-order valence-electron chi connectivity index (χ0n) is 7.34. The number of carboxylic acids is 1. The predicted octanol–water partition coefficient (Wildman–Crippen LogP) is 0.428. The van der Waals surface area contributed by atoms with Crippen molar-refractivity contribution in [3.8, 4) is 6.07 Å². The highest BCUT2D eigenvalue weighted by atomic mass is 16.4. The van der Waals surface area contributed by atoms with Crippen molar-refractivity contribution in [2.24, 2.45) is 5.73 Å². The lowest BCUT2D eigenvalue weighted by molar-refractivity contribution is -0.137. The van der Waals surface area contributed by atoms with Gasteiger partial charge in [-0.05, 0) is 11.6 Å². The Hall–Kier alpha value is -1.93. The van der Waals surface area contributed by atoms with Gasteiger partial charge in [-0.15, -0.1) is 0 Å². The maximum atomic E-state index is 10.4. The van der Waals surface area contributed by atoms with Crippen LogP contribution in [0.5, 0.6) is 0 Å². The molecule has 1 heterocycles. The normalized spacial score (nSPS) is 11.7. The van der Waals surface area contributed by atoms with Gasteiger partial charge in [0.15, 0.2) is 0 Å². The van der Waals surface area contributed by atoms with Crippen molar-refractivity contribution in [1.82, 2.24) is 4.98 Å². The zero-order chi connectivity index (χ0) is 10.6. The maximum absolute atomic E-state index is 10.4. The molecule has 1 atom stereocenters. The monoisotopic (exact) mass is 191 g/mol. The Labute approximate surface area is 80.8 Å². The van der Waals surface area contributed by atoms with Gasteiger partial charge >= 0.3 is 5.97 Å². The minimum Gasteiger partial charge on any atom is -0.481 e. The van der Waals surface area contributed by atoms with Crippen LogP contribution in [0.3, 0.4) is 0 Å². The maximum Gasteiger partial charge on any atom is 0.305 e. The topological polar surface area (TPSA) is 100 Å². The lowest BCUT2D eigenvalue weighted by atomic mass is 10.1. The van der Waals surface area contributed by atoms with Crippen LogP contribution in [-0.2, 0) is 4.79 Å². The first-order chi connectivity index (χ1) is 6.63. The number of nitrogens with zero attached hydrogens (tertiary/aromatic N) is 2. The van der Waals surface area contributed by atoms with E-state index in [1.807, 2.05) is 6.07 Å². The SMILES string of the molecule is N#Cc1cncc([C@@H](N)CC(=O)O)c1. The number of aromatic nitrogens is 1. The van der Waals surface area contributed by atoms with Crippen molar-refractivity contribution in [2.45, 2.75) is 12.5 Å². The number of aliphatic carboxylic acids is 1. The second-order valence-corrected chi connectivity index (χ2v) is 2.82. The van der Waals surface area contributed by atoms with Crippen molar-refractivity contribution in [1.29, 1.82) is 5.26 Å². The largest absolute Gasteiger partial charge is 0.481 e. The number of pyridine rings is 1. The van der Waals surface area contributed by atoms with Gasteiger partial charge < -0.3 is 10.8 Å². The van der Waals surface area contributed by atoms with Crippen molar-refractivity contribution < 1.29 is 9.90 Å². The van der Waals surface area contributed by atoms with E-state index in [4.69, 9.17) is 16.1 Å². The first-order valence-corrected chi connectivity index (χ1v) is 3.96. The highest BCUT2D eigenvalue weighted by Crippen LogP contribution is 2.13. The standard InChI is InChI=1S/C9H9N3O2/c10-3-6-1-7(5-12-4-6)8(11)2-9(13)14/h1,4-5,8H,2,11H2,(H,13,14)/t8-/m0/s1. The Morgan fingerprint density at radius 2 is 2.43 bits per heavy atom. The Morgan fingerprint density at radius 1 is 1.71 bits per heavy atom. The zero-order valence-corrected chi connectivity index (χ0v) is 7.34. The summed E-state index contributed by atoms with van der Waals surface area (Å²) in [5, 5.41) is 17.1. The van der Waals surface area contributed by atoms with Gasteiger partial charge in [-0.2, -0.15) is 5.26 Å². The molecular weight excluding hydrogens is 182 g/mol. The molecule has 0 aliphatic rings. The van der Waals surface area contributed by atoms with E-state index >= 15 is 0 Å². The highest BCUT2D eigenvalue weighted by Gasteiger charge is 2.11. The summed E-state index contributed by atoms with van der Waals surface area (Å²) in [7, 11) is 0. The second-order valence-electron chi connectivity index (χ2n) is 2.82. The number of carboxylic acid groups (broad SMARTS) is 1. The fourth-order valence-electron chi connectivity index (χ4n) is 1.03. The number of carbonyl (C=O) groups is 1. The third-order valence-corrected chi connectivity index (χ3v) is 1.71. The number of rotatable bonds is 3. The summed E-state index contributed by atoms with van der Waals surface area (Å²) in [6, 6.07) is 2.84. The van der Waals surface area contributed by atoms with E-state index in [1.54, 1.807) is 6.07 Å². The van der Waals surface area contributed by atoms with Gasteiger partial charge in [-0.1, -0.05) is 0 Å². The highest BCUT2D eigenvalue weighted by molar-refractivity contribution is 5.67. The summed E-state index contributed by atoms with van der Waals surface area (Å²) in [4.78, 5) is 14.2. The molecule has 0 amide bonds. The van der Waals surface area contributed by atoms with Gasteiger partial charge in [-0.3, -0.25) is 9.78 Å². The third kappa shape index (κ3) is 2.54. The minimum atomic E-state index is -0.972.